The van der Waals surface area contributed by atoms with E-state index < -0.39 is 23.5 Å². The molecule has 1 N–H and O–H groups in total. The summed E-state index contributed by atoms with van der Waals surface area (Å²) in [6.07, 6.45) is 0. The third kappa shape index (κ3) is 3.21. The van der Waals surface area contributed by atoms with Crippen LogP contribution in [0.5, 0.6) is 0 Å². The predicted molar refractivity (Wildman–Crippen MR) is 114 cm³/mol. The SMILES string of the molecule is Cc1ccc(C(O)=C2C(=O)C(=O)N(c3nc(C)c(C)s3)[C@H]2c2ccccc2F)cc1. The van der Waals surface area contributed by atoms with Crippen LogP contribution in [-0.2, 0) is 9.59 Å². The molecule has 1 fully saturated rings. The maximum absolute atomic E-state index is 14.8. The van der Waals surface area contributed by atoms with Crippen molar-refractivity contribution in [1.29, 1.82) is 0 Å². The van der Waals surface area contributed by atoms with Crippen LogP contribution in [0.1, 0.15) is 33.3 Å². The Balaban J connectivity index is 1.97. The maximum Gasteiger partial charge on any atom is 0.301 e. The van der Waals surface area contributed by atoms with Gasteiger partial charge in [0.1, 0.15) is 17.6 Å². The molecule has 1 aromatic heterocycles. The second-order valence-corrected chi connectivity index (χ2v) is 8.38. The lowest BCUT2D eigenvalue weighted by atomic mass is 9.95. The second kappa shape index (κ2) is 7.50. The fourth-order valence-electron chi connectivity index (χ4n) is 3.45. The first-order valence-electron chi connectivity index (χ1n) is 9.36. The Morgan fingerprint density at radius 1 is 1.07 bits per heavy atom. The number of aliphatic hydroxyl groups is 1. The topological polar surface area (TPSA) is 70.5 Å². The summed E-state index contributed by atoms with van der Waals surface area (Å²) in [6, 6.07) is 11.7. The number of nitrogens with zero attached hydrogens (tertiary/aromatic N) is 2. The Bertz CT molecular complexity index is 1180. The third-order valence-electron chi connectivity index (χ3n) is 5.19. The van der Waals surface area contributed by atoms with Crippen molar-refractivity contribution in [3.8, 4) is 0 Å². The molecule has 5 nitrogen and oxygen atoms in total. The molecular weight excluding hydrogens is 403 g/mol. The number of Topliss-reactive ketones (excluding diaryl/α,β-unsaturated/α-hetero) is 1. The molecule has 1 aliphatic rings. The lowest BCUT2D eigenvalue weighted by molar-refractivity contribution is -0.132. The monoisotopic (exact) mass is 422 g/mol. The first-order valence-corrected chi connectivity index (χ1v) is 10.2. The van der Waals surface area contributed by atoms with Gasteiger partial charge in [0.25, 0.3) is 5.78 Å². The highest BCUT2D eigenvalue weighted by molar-refractivity contribution is 7.16. The number of hydrogen-bond donors (Lipinski definition) is 1. The van der Waals surface area contributed by atoms with Crippen molar-refractivity contribution in [2.75, 3.05) is 4.90 Å². The quantitative estimate of drug-likeness (QED) is 0.373. The minimum absolute atomic E-state index is 0.121. The average Bonchev–Trinajstić information content (AvgIpc) is 3.18. The summed E-state index contributed by atoms with van der Waals surface area (Å²) < 4.78 is 14.8. The van der Waals surface area contributed by atoms with Gasteiger partial charge in [0.05, 0.1) is 11.3 Å². The zero-order valence-electron chi connectivity index (χ0n) is 16.6. The van der Waals surface area contributed by atoms with Crippen LogP contribution in [0.3, 0.4) is 0 Å². The molecule has 3 aromatic rings. The van der Waals surface area contributed by atoms with E-state index in [4.69, 9.17) is 0 Å². The molecule has 1 atom stereocenters. The maximum atomic E-state index is 14.8. The zero-order valence-corrected chi connectivity index (χ0v) is 17.5. The normalized spacial score (nSPS) is 18.3. The number of aryl methyl sites for hydroxylation is 3. The summed E-state index contributed by atoms with van der Waals surface area (Å²) >= 11 is 1.25. The molecule has 1 aliphatic heterocycles. The van der Waals surface area contributed by atoms with Crippen molar-refractivity contribution in [1.82, 2.24) is 4.98 Å². The molecule has 0 spiro atoms. The fraction of sp³-hybridized carbons (Fsp3) is 0.174. The van der Waals surface area contributed by atoms with Crippen LogP contribution in [0, 0.1) is 26.6 Å². The van der Waals surface area contributed by atoms with E-state index in [2.05, 4.69) is 4.98 Å². The van der Waals surface area contributed by atoms with Gasteiger partial charge < -0.3 is 5.11 Å². The highest BCUT2D eigenvalue weighted by Gasteiger charge is 2.49. The van der Waals surface area contributed by atoms with Crippen LogP contribution < -0.4 is 4.90 Å². The number of ketones is 1. The summed E-state index contributed by atoms with van der Waals surface area (Å²) in [6.45, 7) is 5.56. The Morgan fingerprint density at radius 3 is 2.33 bits per heavy atom. The smallest absolute Gasteiger partial charge is 0.301 e. The largest absolute Gasteiger partial charge is 0.507 e. The molecule has 0 radical (unpaired) electrons. The van der Waals surface area contributed by atoms with Gasteiger partial charge in [0.15, 0.2) is 5.13 Å². The lowest BCUT2D eigenvalue weighted by Gasteiger charge is -2.23. The van der Waals surface area contributed by atoms with Gasteiger partial charge in [-0.25, -0.2) is 9.37 Å². The fourth-order valence-corrected chi connectivity index (χ4v) is 4.38. The number of hydrogen-bond acceptors (Lipinski definition) is 5. The van der Waals surface area contributed by atoms with Gasteiger partial charge in [-0.3, -0.25) is 14.5 Å². The van der Waals surface area contributed by atoms with Gasteiger partial charge in [-0.15, -0.1) is 11.3 Å². The number of thiazole rings is 1. The van der Waals surface area contributed by atoms with Crippen molar-refractivity contribution in [2.45, 2.75) is 26.8 Å². The van der Waals surface area contributed by atoms with Gasteiger partial charge in [-0.2, -0.15) is 0 Å². The van der Waals surface area contributed by atoms with Crippen LogP contribution in [0.15, 0.2) is 54.1 Å². The zero-order chi connectivity index (χ0) is 21.6. The highest BCUT2D eigenvalue weighted by atomic mass is 32.1. The highest BCUT2D eigenvalue weighted by Crippen LogP contribution is 2.44. The van der Waals surface area contributed by atoms with E-state index in [0.29, 0.717) is 10.7 Å². The molecule has 2 aromatic carbocycles. The summed E-state index contributed by atoms with van der Waals surface area (Å²) in [5, 5.41) is 11.3. The molecule has 7 heteroatoms. The minimum atomic E-state index is -1.11. The molecule has 0 saturated carbocycles. The molecule has 4 rings (SSSR count). The molecule has 0 aliphatic carbocycles. The van der Waals surface area contributed by atoms with E-state index in [1.54, 1.807) is 37.3 Å². The number of carbonyl (C=O) groups is 2. The number of aromatic nitrogens is 1. The van der Waals surface area contributed by atoms with E-state index in [-0.39, 0.29) is 16.9 Å². The van der Waals surface area contributed by atoms with Gasteiger partial charge >= 0.3 is 5.91 Å². The molecule has 152 valence electrons. The molecule has 1 amide bonds. The van der Waals surface area contributed by atoms with Crippen LogP contribution in [0.25, 0.3) is 5.76 Å². The number of carbonyl (C=O) groups excluding carboxylic acids is 2. The van der Waals surface area contributed by atoms with Crippen molar-refractivity contribution < 1.29 is 19.1 Å². The molecule has 2 heterocycles. The first kappa shape index (κ1) is 20.0. The van der Waals surface area contributed by atoms with E-state index in [1.807, 2.05) is 13.8 Å². The van der Waals surface area contributed by atoms with E-state index in [9.17, 15) is 19.1 Å². The molecule has 0 unspecified atom stereocenters. The average molecular weight is 422 g/mol. The predicted octanol–water partition coefficient (Wildman–Crippen LogP) is 4.83. The minimum Gasteiger partial charge on any atom is -0.507 e. The number of rotatable bonds is 3. The van der Waals surface area contributed by atoms with Gasteiger partial charge in [-0.1, -0.05) is 48.0 Å². The van der Waals surface area contributed by atoms with Crippen LogP contribution in [0.2, 0.25) is 0 Å². The molecule has 0 bridgehead atoms. The van der Waals surface area contributed by atoms with Gasteiger partial charge in [0.2, 0.25) is 0 Å². The summed E-state index contributed by atoms with van der Waals surface area (Å²) in [7, 11) is 0. The van der Waals surface area contributed by atoms with E-state index in [0.717, 1.165) is 16.1 Å². The number of aliphatic hydroxyl groups excluding tert-OH is 1. The van der Waals surface area contributed by atoms with Crippen molar-refractivity contribution >= 4 is 33.9 Å². The van der Waals surface area contributed by atoms with Crippen molar-refractivity contribution in [2.24, 2.45) is 0 Å². The number of halogens is 1. The number of anilines is 1. The molecular formula is C23H19FN2O3S. The number of amides is 1. The summed E-state index contributed by atoms with van der Waals surface area (Å²) in [5.74, 6) is -2.62. The Kier molecular flexibility index (Phi) is 4.99. The first-order chi connectivity index (χ1) is 14.3. The van der Waals surface area contributed by atoms with Crippen LogP contribution in [0.4, 0.5) is 9.52 Å². The van der Waals surface area contributed by atoms with E-state index in [1.165, 1.54) is 34.4 Å². The third-order valence-corrected chi connectivity index (χ3v) is 6.26. The Labute approximate surface area is 177 Å². The summed E-state index contributed by atoms with van der Waals surface area (Å²) in [4.78, 5) is 32.5. The molecule has 30 heavy (non-hydrogen) atoms. The lowest BCUT2D eigenvalue weighted by Crippen LogP contribution is -2.29. The van der Waals surface area contributed by atoms with Crippen LogP contribution in [-0.4, -0.2) is 21.8 Å². The van der Waals surface area contributed by atoms with Gasteiger partial charge in [-0.05, 0) is 26.8 Å². The number of benzene rings is 2. The summed E-state index contributed by atoms with van der Waals surface area (Å²) in [5.41, 5.74) is 2.05. The Hall–Kier alpha value is -3.32. The Morgan fingerprint density at radius 2 is 1.73 bits per heavy atom. The van der Waals surface area contributed by atoms with Crippen LogP contribution >= 0.6 is 11.3 Å². The second-order valence-electron chi connectivity index (χ2n) is 7.19. The van der Waals surface area contributed by atoms with Crippen molar-refractivity contribution in [3.63, 3.8) is 0 Å². The molecule has 1 saturated heterocycles. The van der Waals surface area contributed by atoms with Gasteiger partial charge in [0, 0.05) is 16.0 Å². The van der Waals surface area contributed by atoms with Crippen molar-refractivity contribution in [3.05, 3.63) is 87.2 Å². The van der Waals surface area contributed by atoms with E-state index >= 15 is 0 Å². The standard InChI is InChI=1S/C23H19FN2O3S/c1-12-8-10-15(11-9-12)20(27)18-19(16-6-4-5-7-17(16)24)26(22(29)21(18)28)23-25-13(2)14(3)30-23/h4-11,19,27H,1-3H3/t19-/m0/s1.